The van der Waals surface area contributed by atoms with Crippen molar-refractivity contribution in [2.45, 2.75) is 39.2 Å². The summed E-state index contributed by atoms with van der Waals surface area (Å²) in [4.78, 5) is 16.7. The Kier molecular flexibility index (Phi) is 6.45. The molecule has 0 saturated carbocycles. The van der Waals surface area contributed by atoms with Crippen LogP contribution in [0.25, 0.3) is 0 Å². The van der Waals surface area contributed by atoms with Crippen molar-refractivity contribution in [2.75, 3.05) is 26.7 Å². The van der Waals surface area contributed by atoms with Crippen LogP contribution in [0, 0.1) is 5.92 Å². The smallest absolute Gasteiger partial charge is 0.276 e. The zero-order valence-corrected chi connectivity index (χ0v) is 15.9. The zero-order chi connectivity index (χ0) is 18.4. The maximum atomic E-state index is 12.6. The van der Waals surface area contributed by atoms with Gasteiger partial charge in [0.05, 0.1) is 6.54 Å². The van der Waals surface area contributed by atoms with Gasteiger partial charge in [0.2, 0.25) is 0 Å². The van der Waals surface area contributed by atoms with E-state index in [0.29, 0.717) is 12.2 Å². The number of piperidine rings is 1. The normalized spacial score (nSPS) is 15.6. The maximum absolute atomic E-state index is 12.6. The van der Waals surface area contributed by atoms with E-state index in [1.807, 2.05) is 11.0 Å². The van der Waals surface area contributed by atoms with Gasteiger partial charge in [-0.2, -0.15) is 0 Å². The van der Waals surface area contributed by atoms with E-state index in [9.17, 15) is 4.79 Å². The number of carbonyl (C=O) groups is 1. The third-order valence-electron chi connectivity index (χ3n) is 5.31. The molecule has 0 bridgehead atoms. The van der Waals surface area contributed by atoms with E-state index in [2.05, 4.69) is 48.3 Å². The summed E-state index contributed by atoms with van der Waals surface area (Å²) in [5.74, 6) is 1.50. The van der Waals surface area contributed by atoms with Crippen LogP contribution in [0.1, 0.15) is 48.0 Å². The molecule has 1 aliphatic rings. The number of nitrogens with zero attached hydrogens (tertiary/aromatic N) is 3. The van der Waals surface area contributed by atoms with Crippen molar-refractivity contribution >= 4 is 5.91 Å². The van der Waals surface area contributed by atoms with Crippen LogP contribution < -0.4 is 0 Å². The highest BCUT2D eigenvalue weighted by molar-refractivity contribution is 5.92. The number of rotatable bonds is 7. The van der Waals surface area contributed by atoms with Crippen LogP contribution in [0.5, 0.6) is 0 Å². The summed E-state index contributed by atoms with van der Waals surface area (Å²) in [7, 11) is 2.06. The summed E-state index contributed by atoms with van der Waals surface area (Å²) < 4.78 is 5.40. The van der Waals surface area contributed by atoms with E-state index >= 15 is 0 Å². The van der Waals surface area contributed by atoms with E-state index < -0.39 is 0 Å². The predicted octanol–water partition coefficient (Wildman–Crippen LogP) is 3.61. The first-order valence-electron chi connectivity index (χ1n) is 9.63. The molecule has 2 aromatic rings. The number of likely N-dealkylation sites (tertiary alicyclic amines) is 1. The number of hydrogen-bond acceptors (Lipinski definition) is 4. The zero-order valence-electron chi connectivity index (χ0n) is 15.9. The summed E-state index contributed by atoms with van der Waals surface area (Å²) in [6.45, 7) is 5.47. The first kappa shape index (κ1) is 18.6. The largest absolute Gasteiger partial charge is 0.359 e. The highest BCUT2D eigenvalue weighted by atomic mass is 16.5. The van der Waals surface area contributed by atoms with Crippen LogP contribution in [0.15, 0.2) is 40.9 Å². The number of hydrogen-bond donors (Lipinski definition) is 0. The summed E-state index contributed by atoms with van der Waals surface area (Å²) in [5, 5.41) is 4.01. The monoisotopic (exact) mass is 355 g/mol. The molecule has 1 aliphatic heterocycles. The van der Waals surface area contributed by atoms with E-state index in [1.54, 1.807) is 6.07 Å². The van der Waals surface area contributed by atoms with Gasteiger partial charge in [0.25, 0.3) is 5.91 Å². The van der Waals surface area contributed by atoms with Crippen LogP contribution in [0.3, 0.4) is 0 Å². The average molecular weight is 355 g/mol. The molecule has 1 saturated heterocycles. The van der Waals surface area contributed by atoms with Crippen molar-refractivity contribution in [3.8, 4) is 0 Å². The average Bonchev–Trinajstić information content (AvgIpc) is 3.15. The fraction of sp³-hybridized carbons (Fsp3) is 0.524. The fourth-order valence-electron chi connectivity index (χ4n) is 3.50. The summed E-state index contributed by atoms with van der Waals surface area (Å²) in [5.41, 5.74) is 1.76. The van der Waals surface area contributed by atoms with Crippen LogP contribution >= 0.6 is 0 Å². The van der Waals surface area contributed by atoms with E-state index in [0.717, 1.165) is 50.6 Å². The topological polar surface area (TPSA) is 49.6 Å². The Morgan fingerprint density at radius 1 is 1.27 bits per heavy atom. The highest BCUT2D eigenvalue weighted by Crippen LogP contribution is 2.21. The molecule has 0 aliphatic carbocycles. The molecular formula is C21H29N3O2. The first-order valence-corrected chi connectivity index (χ1v) is 9.63. The molecule has 140 valence electrons. The molecular weight excluding hydrogens is 326 g/mol. The quantitative estimate of drug-likeness (QED) is 0.761. The molecule has 5 heteroatoms. The lowest BCUT2D eigenvalue weighted by atomic mass is 9.94. The maximum Gasteiger partial charge on any atom is 0.276 e. The van der Waals surface area contributed by atoms with Gasteiger partial charge in [-0.25, -0.2) is 0 Å². The molecule has 2 heterocycles. The van der Waals surface area contributed by atoms with Crippen molar-refractivity contribution in [2.24, 2.45) is 5.92 Å². The van der Waals surface area contributed by atoms with Crippen molar-refractivity contribution in [3.05, 3.63) is 53.4 Å². The second-order valence-corrected chi connectivity index (χ2v) is 7.30. The van der Waals surface area contributed by atoms with Gasteiger partial charge in [-0.3, -0.25) is 9.69 Å². The minimum atomic E-state index is 0.00138. The van der Waals surface area contributed by atoms with Gasteiger partial charge in [-0.1, -0.05) is 48.8 Å². The van der Waals surface area contributed by atoms with E-state index in [4.69, 9.17) is 4.52 Å². The van der Waals surface area contributed by atoms with Gasteiger partial charge < -0.3 is 9.42 Å². The predicted molar refractivity (Wildman–Crippen MR) is 102 cm³/mol. The molecule has 0 radical (unpaired) electrons. The minimum absolute atomic E-state index is 0.00138. The number of likely N-dealkylation sites (N-methyl/N-ethyl adjacent to an activating group) is 1. The van der Waals surface area contributed by atoms with Gasteiger partial charge in [0, 0.05) is 25.7 Å². The first-order chi connectivity index (χ1) is 12.7. The van der Waals surface area contributed by atoms with Crippen LogP contribution in [0.2, 0.25) is 0 Å². The third kappa shape index (κ3) is 4.94. The standard InChI is InChI=1S/C21H29N3O2/c1-3-17-10-13-24(14-11-17)21(25)20-15-19(26-22-20)16-23(2)12-9-18-7-5-4-6-8-18/h4-8,15,17H,3,9-14,16H2,1-2H3. The second-order valence-electron chi connectivity index (χ2n) is 7.30. The summed E-state index contributed by atoms with van der Waals surface area (Å²) in [6.07, 6.45) is 4.37. The lowest BCUT2D eigenvalue weighted by molar-refractivity contribution is 0.0678. The lowest BCUT2D eigenvalue weighted by Gasteiger charge is -2.30. The molecule has 0 atom stereocenters. The molecule has 0 spiro atoms. The molecule has 1 fully saturated rings. The van der Waals surface area contributed by atoms with Crippen molar-refractivity contribution in [1.29, 1.82) is 0 Å². The Bertz CT molecular complexity index is 690. The SMILES string of the molecule is CCC1CCN(C(=O)c2cc(CN(C)CCc3ccccc3)on2)CC1. The van der Waals surface area contributed by atoms with E-state index in [-0.39, 0.29) is 5.91 Å². The molecule has 26 heavy (non-hydrogen) atoms. The Morgan fingerprint density at radius 3 is 2.69 bits per heavy atom. The third-order valence-corrected chi connectivity index (χ3v) is 5.31. The van der Waals surface area contributed by atoms with Gasteiger partial charge in [-0.05, 0) is 37.8 Å². The second kappa shape index (κ2) is 8.99. The van der Waals surface area contributed by atoms with Crippen LogP contribution in [-0.4, -0.2) is 47.5 Å². The van der Waals surface area contributed by atoms with Gasteiger partial charge in [-0.15, -0.1) is 0 Å². The minimum Gasteiger partial charge on any atom is -0.359 e. The molecule has 0 unspecified atom stereocenters. The molecule has 0 N–H and O–H groups in total. The fourth-order valence-corrected chi connectivity index (χ4v) is 3.50. The Balaban J connectivity index is 1.48. The number of aromatic nitrogens is 1. The van der Waals surface area contributed by atoms with E-state index in [1.165, 1.54) is 12.0 Å². The lowest BCUT2D eigenvalue weighted by Crippen LogP contribution is -2.38. The van der Waals surface area contributed by atoms with Crippen LogP contribution in [0.4, 0.5) is 0 Å². The van der Waals surface area contributed by atoms with Gasteiger partial charge >= 0.3 is 0 Å². The highest BCUT2D eigenvalue weighted by Gasteiger charge is 2.25. The molecule has 5 nitrogen and oxygen atoms in total. The summed E-state index contributed by atoms with van der Waals surface area (Å²) in [6, 6.07) is 12.2. The number of amides is 1. The summed E-state index contributed by atoms with van der Waals surface area (Å²) >= 11 is 0. The van der Waals surface area contributed by atoms with Crippen molar-refractivity contribution < 1.29 is 9.32 Å². The molecule has 1 aromatic heterocycles. The Morgan fingerprint density at radius 2 is 2.00 bits per heavy atom. The Hall–Kier alpha value is -2.14. The van der Waals surface area contributed by atoms with Gasteiger partial charge in [0.15, 0.2) is 11.5 Å². The molecule has 3 rings (SSSR count). The van der Waals surface area contributed by atoms with Crippen LogP contribution in [-0.2, 0) is 13.0 Å². The molecule has 1 aromatic carbocycles. The Labute approximate surface area is 156 Å². The number of carbonyl (C=O) groups excluding carboxylic acids is 1. The van der Waals surface area contributed by atoms with Gasteiger partial charge in [0.1, 0.15) is 0 Å². The van der Waals surface area contributed by atoms with Crippen molar-refractivity contribution in [1.82, 2.24) is 15.0 Å². The number of benzene rings is 1. The van der Waals surface area contributed by atoms with Crippen molar-refractivity contribution in [3.63, 3.8) is 0 Å². The molecule has 1 amide bonds.